The zero-order chi connectivity index (χ0) is 31.7. The number of ketones is 1. The Hall–Kier alpha value is -4.24. The summed E-state index contributed by atoms with van der Waals surface area (Å²) in [5.74, 6) is 3.39. The van der Waals surface area contributed by atoms with E-state index >= 15 is 0 Å². The van der Waals surface area contributed by atoms with Gasteiger partial charge in [-0.25, -0.2) is 27.6 Å². The third-order valence-corrected chi connectivity index (χ3v) is 10.8. The van der Waals surface area contributed by atoms with Crippen LogP contribution < -0.4 is 0 Å². The van der Waals surface area contributed by atoms with Crippen LogP contribution in [0, 0.1) is 11.2 Å². The summed E-state index contributed by atoms with van der Waals surface area (Å²) >= 11 is 0. The Morgan fingerprint density at radius 1 is 1.11 bits per heavy atom. The molecule has 2 saturated carbocycles. The van der Waals surface area contributed by atoms with Crippen LogP contribution in [0.25, 0.3) is 11.9 Å². The third kappa shape index (κ3) is 5.07. The number of pyridine rings is 2. The van der Waals surface area contributed by atoms with E-state index in [0.29, 0.717) is 35.5 Å². The Kier molecular flexibility index (Phi) is 6.82. The molecule has 0 spiro atoms. The van der Waals surface area contributed by atoms with Crippen molar-refractivity contribution in [3.63, 3.8) is 0 Å². The fraction of sp³-hybridized carbons (Fsp3) is 0.367. The van der Waals surface area contributed by atoms with E-state index in [9.17, 15) is 26.6 Å². The van der Waals surface area contributed by atoms with E-state index in [1.807, 2.05) is 10.4 Å². The molecule has 0 aromatic carbocycles. The van der Waals surface area contributed by atoms with E-state index in [1.165, 1.54) is 23.1 Å². The van der Waals surface area contributed by atoms with Crippen LogP contribution in [0.1, 0.15) is 59.4 Å². The summed E-state index contributed by atoms with van der Waals surface area (Å²) in [7, 11) is -1.49. The molecule has 4 aromatic rings. The molecule has 10 nitrogen and oxygen atoms in total. The maximum absolute atomic E-state index is 14.6. The number of hydrogen-bond donors (Lipinski definition) is 0. The minimum absolute atomic E-state index is 0.0559. The summed E-state index contributed by atoms with van der Waals surface area (Å²) in [6.07, 6.45) is 5.08. The highest BCUT2D eigenvalue weighted by Gasteiger charge is 2.53. The number of hydrogen-bond acceptors (Lipinski definition) is 7. The van der Waals surface area contributed by atoms with Gasteiger partial charge in [0.05, 0.1) is 38.8 Å². The van der Waals surface area contributed by atoms with Crippen molar-refractivity contribution in [1.29, 1.82) is 0 Å². The Balaban J connectivity index is 1.33. The maximum atomic E-state index is 14.6. The van der Waals surface area contributed by atoms with E-state index in [0.717, 1.165) is 37.4 Å². The molecule has 0 N–H and O–H groups in total. The Bertz CT molecular complexity index is 1950. The summed E-state index contributed by atoms with van der Waals surface area (Å²) in [6.45, 7) is 0. The first-order valence-corrected chi connectivity index (χ1v) is 16.0. The first kappa shape index (κ1) is 29.5. The number of alkyl halides is 3. The summed E-state index contributed by atoms with van der Waals surface area (Å²) in [5.41, 5.74) is -0.527. The molecule has 234 valence electrons. The van der Waals surface area contributed by atoms with E-state index < -0.39 is 44.5 Å². The minimum atomic E-state index is -4.66. The summed E-state index contributed by atoms with van der Waals surface area (Å²) in [6, 6.07) is 3.92. The van der Waals surface area contributed by atoms with Crippen LogP contribution in [0.15, 0.2) is 59.9 Å². The molecule has 4 aromatic heterocycles. The molecule has 7 rings (SSSR count). The van der Waals surface area contributed by atoms with Gasteiger partial charge in [-0.05, 0) is 80.3 Å². The molecule has 0 radical (unpaired) electrons. The monoisotopic (exact) mass is 640 g/mol. The molecular weight excluding hydrogens is 612 g/mol. The minimum Gasteiger partial charge on any atom is -0.291 e. The van der Waals surface area contributed by atoms with Gasteiger partial charge in [-0.15, -0.1) is 5.10 Å². The van der Waals surface area contributed by atoms with Crippen molar-refractivity contribution in [3.8, 4) is 5.82 Å². The number of aromatic nitrogens is 7. The second kappa shape index (κ2) is 10.4. The fourth-order valence-corrected chi connectivity index (χ4v) is 8.63. The van der Waals surface area contributed by atoms with Crippen LogP contribution in [0.4, 0.5) is 17.6 Å². The van der Waals surface area contributed by atoms with Gasteiger partial charge >= 0.3 is 6.18 Å². The van der Waals surface area contributed by atoms with Crippen LogP contribution in [-0.2, 0) is 29.4 Å². The molecular formula is C30H28F4N8O2S. The first-order chi connectivity index (χ1) is 21.4. The summed E-state index contributed by atoms with van der Waals surface area (Å²) in [4.78, 5) is 27.0. The molecule has 3 atom stereocenters. The molecule has 15 heteroatoms. The van der Waals surface area contributed by atoms with Crippen molar-refractivity contribution in [1.82, 2.24) is 38.8 Å². The zero-order valence-electron chi connectivity index (χ0n) is 24.1. The third-order valence-electron chi connectivity index (χ3n) is 8.79. The predicted octanol–water partition coefficient (Wildman–Crippen LogP) is 4.46. The normalized spacial score (nSPS) is 22.8. The van der Waals surface area contributed by atoms with E-state index in [-0.39, 0.29) is 29.7 Å². The lowest BCUT2D eigenvalue weighted by Crippen LogP contribution is -2.51. The van der Waals surface area contributed by atoms with E-state index in [4.69, 9.17) is 0 Å². The van der Waals surface area contributed by atoms with Crippen LogP contribution >= 0.6 is 0 Å². The number of carbonyl (C=O) groups is 1. The average molecular weight is 641 g/mol. The van der Waals surface area contributed by atoms with Crippen molar-refractivity contribution in [2.45, 2.75) is 61.9 Å². The second-order valence-electron chi connectivity index (χ2n) is 11.8. The van der Waals surface area contributed by atoms with Gasteiger partial charge in [-0.3, -0.25) is 14.5 Å². The lowest BCUT2D eigenvalue weighted by Gasteiger charge is -2.47. The highest BCUT2D eigenvalue weighted by Crippen LogP contribution is 2.52. The maximum Gasteiger partial charge on any atom is 0.416 e. The van der Waals surface area contributed by atoms with Crippen LogP contribution in [-0.4, -0.2) is 66.8 Å². The summed E-state index contributed by atoms with van der Waals surface area (Å²) in [5, 5.41) is 8.84. The zero-order valence-corrected chi connectivity index (χ0v) is 24.9. The lowest BCUT2D eigenvalue weighted by atomic mass is 9.60. The molecule has 0 bridgehead atoms. The lowest BCUT2D eigenvalue weighted by molar-refractivity contribution is -0.137. The molecule has 4 heterocycles. The Morgan fingerprint density at radius 2 is 1.91 bits per heavy atom. The number of rotatable bonds is 7. The molecule has 0 aliphatic heterocycles. The van der Waals surface area contributed by atoms with Crippen LogP contribution in [0.5, 0.6) is 0 Å². The molecule has 3 aliphatic carbocycles. The first-order valence-electron chi connectivity index (χ1n) is 14.4. The van der Waals surface area contributed by atoms with Gasteiger partial charge in [0.25, 0.3) is 0 Å². The molecule has 2 fully saturated rings. The predicted molar refractivity (Wildman–Crippen MR) is 156 cm³/mol. The largest absolute Gasteiger partial charge is 0.416 e. The quantitative estimate of drug-likeness (QED) is 0.167. The number of carbonyl (C=O) groups excluding carboxylic acids is 1. The number of allylic oxidation sites excluding steroid dienone is 1. The Morgan fingerprint density at radius 3 is 2.58 bits per heavy atom. The highest BCUT2D eigenvalue weighted by atomic mass is 32.2. The molecule has 0 saturated heterocycles. The van der Waals surface area contributed by atoms with Gasteiger partial charge in [0.2, 0.25) is 5.16 Å². The van der Waals surface area contributed by atoms with E-state index in [1.54, 1.807) is 17.9 Å². The van der Waals surface area contributed by atoms with Gasteiger partial charge in [0.15, 0.2) is 11.6 Å². The number of fused-ring (bicyclic) bond motifs is 2. The molecule has 1 unspecified atom stereocenters. The van der Waals surface area contributed by atoms with E-state index in [2.05, 4.69) is 31.0 Å². The number of aryl methyl sites for hydroxylation is 1. The number of halogens is 4. The standard InChI is InChI=1S/C30H28F4N8O2S/c1-40-17-37-28(39-40)45(2,44)42(22-6-7-22)23-5-3-19-12-25-18(15-38-41(25)26-8-4-21(31)16-36-26)13-29(19,14-23)27(43)24-11-20(9-10-35-24)30(32,33)34/h4,8-12,15-17,22-23H,2-3,5-7,13-14H2,1H3/t23-,29-,45?/m0/s1. The van der Waals surface area contributed by atoms with Gasteiger partial charge in [0, 0.05) is 25.3 Å². The summed E-state index contributed by atoms with van der Waals surface area (Å²) < 4.78 is 73.9. The second-order valence-corrected chi connectivity index (χ2v) is 13.9. The fourth-order valence-electron chi connectivity index (χ4n) is 6.62. The highest BCUT2D eigenvalue weighted by molar-refractivity contribution is 7.98. The average Bonchev–Trinajstić information content (AvgIpc) is 3.59. The van der Waals surface area contributed by atoms with Crippen molar-refractivity contribution < 1.29 is 26.6 Å². The molecule has 3 aliphatic rings. The molecule has 45 heavy (non-hydrogen) atoms. The Labute approximate surface area is 256 Å². The van der Waals surface area contributed by atoms with Crippen LogP contribution in [0.2, 0.25) is 0 Å². The van der Waals surface area contributed by atoms with Crippen molar-refractivity contribution >= 4 is 27.4 Å². The molecule has 0 amide bonds. The van der Waals surface area contributed by atoms with Crippen molar-refractivity contribution in [2.75, 3.05) is 0 Å². The topological polar surface area (TPSA) is 112 Å². The van der Waals surface area contributed by atoms with Gasteiger partial charge in [-0.2, -0.15) is 18.3 Å². The van der Waals surface area contributed by atoms with Gasteiger partial charge in [-0.1, -0.05) is 5.57 Å². The van der Waals surface area contributed by atoms with Crippen LogP contribution in [0.3, 0.4) is 0 Å². The van der Waals surface area contributed by atoms with Crippen molar-refractivity contribution in [3.05, 3.63) is 83.1 Å². The van der Waals surface area contributed by atoms with Gasteiger partial charge in [0.1, 0.15) is 17.8 Å². The van der Waals surface area contributed by atoms with Gasteiger partial charge < -0.3 is 0 Å². The number of nitrogens with zero attached hydrogens (tertiary/aromatic N) is 8. The smallest absolute Gasteiger partial charge is 0.291 e. The number of Topliss-reactive ketones (excluding diaryl/α,β-unsaturated/α-hetero) is 1. The van der Waals surface area contributed by atoms with Crippen molar-refractivity contribution in [2.24, 2.45) is 12.5 Å². The SMILES string of the molecule is C=S(=O)(c1ncn(C)n1)N(C1CC1)[C@H]1CCC2=Cc3c(cnn3-c3ccc(F)cn3)C[C@]2(C(=O)c2cc(C(F)(F)F)ccn2)C1.